The summed E-state index contributed by atoms with van der Waals surface area (Å²) < 4.78 is 51.4. The maximum Gasteiger partial charge on any atom is 0.490 e. The van der Waals surface area contributed by atoms with Crippen molar-refractivity contribution in [2.24, 2.45) is 0 Å². The van der Waals surface area contributed by atoms with Gasteiger partial charge in [-0.05, 0) is 6.92 Å². The van der Waals surface area contributed by atoms with E-state index < -0.39 is 64.4 Å². The van der Waals surface area contributed by atoms with Crippen molar-refractivity contribution in [3.05, 3.63) is 33.1 Å². The van der Waals surface area contributed by atoms with Gasteiger partial charge in [0.05, 0.1) is 0 Å². The van der Waals surface area contributed by atoms with Gasteiger partial charge in [-0.2, -0.15) is 8.62 Å². The summed E-state index contributed by atoms with van der Waals surface area (Å²) in [6.07, 6.45) is -3.97. The van der Waals surface area contributed by atoms with Crippen LogP contribution in [-0.4, -0.2) is 62.7 Å². The van der Waals surface area contributed by atoms with Gasteiger partial charge in [-0.15, -0.1) is 0 Å². The van der Waals surface area contributed by atoms with E-state index in [1.807, 2.05) is 4.98 Å². The summed E-state index contributed by atoms with van der Waals surface area (Å²) in [6.45, 7) is 0.982. The lowest BCUT2D eigenvalue weighted by Crippen LogP contribution is -2.51. The number of H-pyrrole nitrogens is 1. The van der Waals surface area contributed by atoms with Gasteiger partial charge in [-0.25, -0.2) is 18.5 Å². The minimum absolute atomic E-state index is 0.730. The van der Waals surface area contributed by atoms with E-state index in [-0.39, 0.29) is 0 Å². The van der Waals surface area contributed by atoms with Gasteiger partial charge >= 0.3 is 29.2 Å². The highest BCUT2D eigenvalue weighted by molar-refractivity contribution is 7.66. The molecule has 3 rings (SSSR count). The molecule has 2 aliphatic rings. The number of hydrogen-bond acceptors (Lipinski definition) is 11. The third-order valence-electron chi connectivity index (χ3n) is 4.37. The first kappa shape index (κ1) is 23.6. The van der Waals surface area contributed by atoms with Crippen molar-refractivity contribution in [3.8, 4) is 0 Å². The van der Waals surface area contributed by atoms with Crippen LogP contribution in [0.25, 0.3) is 0 Å². The molecule has 0 amide bonds. The predicted octanol–water partition coefficient (Wildman–Crippen LogP) is -2.36. The first-order chi connectivity index (χ1) is 13.4. The molecule has 30 heavy (non-hydrogen) atoms. The Morgan fingerprint density at radius 3 is 2.17 bits per heavy atom. The molecule has 7 N–H and O–H groups in total. The normalized spacial score (nSPS) is 37.2. The molecular weight excluding hydrogens is 481 g/mol. The Morgan fingerprint density at radius 2 is 1.70 bits per heavy atom. The Kier molecular flexibility index (Phi) is 5.50. The molecule has 2 heterocycles. The molecule has 1 saturated carbocycles. The van der Waals surface area contributed by atoms with Crippen LogP contribution >= 0.6 is 23.5 Å². The summed E-state index contributed by atoms with van der Waals surface area (Å²) in [5.41, 5.74) is -6.51. The number of aromatic nitrogens is 2. The fourth-order valence-corrected chi connectivity index (χ4v) is 6.28. The lowest BCUT2D eigenvalue weighted by molar-refractivity contribution is -0.158. The Morgan fingerprint density at radius 1 is 1.10 bits per heavy atom. The van der Waals surface area contributed by atoms with Gasteiger partial charge in [0.2, 0.25) is 0 Å². The van der Waals surface area contributed by atoms with Crippen LogP contribution in [0.3, 0.4) is 0 Å². The van der Waals surface area contributed by atoms with Crippen LogP contribution in [0.2, 0.25) is 0 Å². The summed E-state index contributed by atoms with van der Waals surface area (Å²) >= 11 is 0. The molecule has 7 atom stereocenters. The van der Waals surface area contributed by atoms with Crippen LogP contribution in [0.15, 0.2) is 21.9 Å². The Labute approximate surface area is 164 Å². The monoisotopic (exact) mass is 496 g/mol. The lowest BCUT2D eigenvalue weighted by atomic mass is 9.95. The second-order valence-corrected chi connectivity index (χ2v) is 10.9. The molecule has 0 radical (unpaired) electrons. The molecule has 0 aromatic carbocycles. The summed E-state index contributed by atoms with van der Waals surface area (Å²) in [4.78, 5) is 60.6. The lowest BCUT2D eigenvalue weighted by Gasteiger charge is -2.33. The maximum absolute atomic E-state index is 11.9. The Bertz CT molecular complexity index is 1120. The summed E-state index contributed by atoms with van der Waals surface area (Å²) in [7, 11) is -17.0. The molecule has 0 bridgehead atoms. The number of aromatic amines is 1. The molecule has 1 aromatic heterocycles. The molecular formula is C10H15N2O15P3. The van der Waals surface area contributed by atoms with Crippen molar-refractivity contribution in [3.63, 3.8) is 0 Å². The van der Waals surface area contributed by atoms with Crippen LogP contribution in [0.4, 0.5) is 0 Å². The number of phosphoric ester groups is 1. The average Bonchev–Trinajstić information content (AvgIpc) is 2.97. The van der Waals surface area contributed by atoms with Crippen LogP contribution in [0.5, 0.6) is 0 Å². The molecule has 0 spiro atoms. The zero-order valence-electron chi connectivity index (χ0n) is 14.5. The van der Waals surface area contributed by atoms with E-state index >= 15 is 0 Å². The second-order valence-electron chi connectivity index (χ2n) is 6.52. The topological polar surface area (TPSA) is 264 Å². The zero-order valence-corrected chi connectivity index (χ0v) is 17.2. The van der Waals surface area contributed by atoms with Crippen LogP contribution in [-0.2, 0) is 31.6 Å². The fraction of sp³-hybridized carbons (Fsp3) is 0.600. The van der Waals surface area contributed by atoms with Gasteiger partial charge in [-0.3, -0.25) is 18.9 Å². The molecule has 1 saturated heterocycles. The predicted molar refractivity (Wildman–Crippen MR) is 89.5 cm³/mol. The van der Waals surface area contributed by atoms with E-state index in [4.69, 9.17) is 19.4 Å². The molecule has 1 aliphatic heterocycles. The average molecular weight is 496 g/mol. The van der Waals surface area contributed by atoms with Crippen molar-refractivity contribution < 1.29 is 61.4 Å². The third-order valence-corrected chi connectivity index (χ3v) is 8.19. The number of ether oxygens (including phenoxy) is 1. The zero-order chi connectivity index (χ0) is 22.9. The highest BCUT2D eigenvalue weighted by atomic mass is 31.3. The Balaban J connectivity index is 1.77. The number of hydrogen-bond donors (Lipinski definition) is 7. The van der Waals surface area contributed by atoms with E-state index in [0.29, 0.717) is 0 Å². The number of nitrogens with one attached hydrogen (secondary N) is 1. The molecule has 20 heteroatoms. The molecule has 1 aromatic rings. The quantitative estimate of drug-likeness (QED) is 0.195. The van der Waals surface area contributed by atoms with E-state index in [0.717, 1.165) is 23.8 Å². The van der Waals surface area contributed by atoms with Gasteiger partial charge in [-0.1, -0.05) is 0 Å². The molecule has 3 unspecified atom stereocenters. The molecule has 1 aliphatic carbocycles. The van der Waals surface area contributed by atoms with E-state index in [2.05, 4.69) is 13.1 Å². The van der Waals surface area contributed by atoms with E-state index in [1.165, 1.54) is 0 Å². The highest BCUT2D eigenvalue weighted by Gasteiger charge is 2.84. The van der Waals surface area contributed by atoms with Crippen LogP contribution < -0.4 is 11.2 Å². The third kappa shape index (κ3) is 4.18. The van der Waals surface area contributed by atoms with Gasteiger partial charge in [0.25, 0.3) is 5.56 Å². The molecule has 170 valence electrons. The van der Waals surface area contributed by atoms with Crippen molar-refractivity contribution in [2.45, 2.75) is 36.6 Å². The van der Waals surface area contributed by atoms with Crippen LogP contribution in [0.1, 0.15) is 13.2 Å². The van der Waals surface area contributed by atoms with Crippen molar-refractivity contribution in [1.82, 2.24) is 9.55 Å². The second kappa shape index (κ2) is 6.98. The summed E-state index contributed by atoms with van der Waals surface area (Å²) in [6, 6.07) is 0.929. The highest BCUT2D eigenvalue weighted by Crippen LogP contribution is 2.70. The fourth-order valence-electron chi connectivity index (χ4n) is 3.06. The number of fused-ring (bicyclic) bond motifs is 1. The molecule has 2 fully saturated rings. The van der Waals surface area contributed by atoms with E-state index in [9.17, 15) is 38.4 Å². The van der Waals surface area contributed by atoms with Gasteiger partial charge in [0.1, 0.15) is 17.8 Å². The maximum atomic E-state index is 11.9. The number of nitrogens with zero attached hydrogens (tertiary/aromatic N) is 1. The van der Waals surface area contributed by atoms with Crippen molar-refractivity contribution in [2.75, 3.05) is 0 Å². The summed E-state index contributed by atoms with van der Waals surface area (Å²) in [5.74, 6) is 0. The number of phosphoric acid groups is 3. The van der Waals surface area contributed by atoms with Gasteiger partial charge < -0.3 is 34.5 Å². The first-order valence-electron chi connectivity index (χ1n) is 7.63. The minimum atomic E-state index is -5.78. The minimum Gasteiger partial charge on any atom is -0.382 e. The van der Waals surface area contributed by atoms with Crippen molar-refractivity contribution >= 4 is 23.5 Å². The smallest absolute Gasteiger partial charge is 0.382 e. The summed E-state index contributed by atoms with van der Waals surface area (Å²) in [5, 5.41) is 21.3. The molecule has 17 nitrogen and oxygen atoms in total. The number of aliphatic hydroxyl groups is 2. The van der Waals surface area contributed by atoms with Crippen molar-refractivity contribution in [1.29, 1.82) is 0 Å². The largest absolute Gasteiger partial charge is 0.490 e. The first-order valence-corrected chi connectivity index (χ1v) is 12.2. The SMILES string of the molecule is C[C@]1(O)[C@H](n2ccc(=O)[nH]c2=O)O[C@@H]2C(OP(=O)(O)OP(=O)(O)OP(=O)(O)O)[C@@]21O. The van der Waals surface area contributed by atoms with E-state index in [1.54, 1.807) is 0 Å². The van der Waals surface area contributed by atoms with Gasteiger partial charge in [0, 0.05) is 12.3 Å². The van der Waals surface area contributed by atoms with Gasteiger partial charge in [0.15, 0.2) is 11.8 Å². The van der Waals surface area contributed by atoms with Crippen LogP contribution in [0, 0.1) is 0 Å². The number of rotatable bonds is 7. The standard InChI is InChI=1S/C10H15N2O15P3/c1-9(15)7(12-3-2-4(13)11-8(12)14)24-5-6(10(5,9)16)25-29(20,21)27-30(22,23)26-28(17,18)19/h2-3,5-7,15-16H,1H3,(H,20,21)(H,22,23)(H,11,13,14)(H2,17,18,19)/t5-,6?,7-,9+,10+/m1/s1. The Hall–Kier alpha value is -1.03.